The van der Waals surface area contributed by atoms with Crippen LogP contribution in [0.15, 0.2) is 24.3 Å². The fraction of sp³-hybridized carbons (Fsp3) is 0.455. The van der Waals surface area contributed by atoms with Crippen molar-refractivity contribution in [3.63, 3.8) is 0 Å². The molecular weight excluding hydrogens is 162 g/mol. The molecular formula is C11H17NO. The summed E-state index contributed by atoms with van der Waals surface area (Å²) in [5.41, 5.74) is 6.97. The molecule has 0 aliphatic rings. The SMILES string of the molecule is COc1cccc(CC[C@@H](C)N)c1. The van der Waals surface area contributed by atoms with Gasteiger partial charge in [-0.25, -0.2) is 0 Å². The van der Waals surface area contributed by atoms with Gasteiger partial charge in [-0.15, -0.1) is 0 Å². The van der Waals surface area contributed by atoms with Gasteiger partial charge in [0.1, 0.15) is 5.75 Å². The zero-order valence-corrected chi connectivity index (χ0v) is 8.29. The maximum absolute atomic E-state index is 5.68. The number of aryl methyl sites for hydroxylation is 1. The Morgan fingerprint density at radius 3 is 2.85 bits per heavy atom. The van der Waals surface area contributed by atoms with E-state index in [1.807, 2.05) is 19.1 Å². The van der Waals surface area contributed by atoms with Crippen LogP contribution in [0.25, 0.3) is 0 Å². The molecule has 1 aromatic rings. The predicted octanol–water partition coefficient (Wildman–Crippen LogP) is 1.98. The van der Waals surface area contributed by atoms with Gasteiger partial charge in [-0.2, -0.15) is 0 Å². The topological polar surface area (TPSA) is 35.2 Å². The van der Waals surface area contributed by atoms with E-state index in [0.717, 1.165) is 18.6 Å². The van der Waals surface area contributed by atoms with E-state index < -0.39 is 0 Å². The van der Waals surface area contributed by atoms with Crippen LogP contribution in [0, 0.1) is 0 Å². The molecule has 0 aromatic heterocycles. The molecule has 0 saturated heterocycles. The van der Waals surface area contributed by atoms with E-state index in [1.54, 1.807) is 7.11 Å². The minimum absolute atomic E-state index is 0.270. The lowest BCUT2D eigenvalue weighted by molar-refractivity contribution is 0.414. The molecule has 0 bridgehead atoms. The van der Waals surface area contributed by atoms with Crippen LogP contribution in [0.2, 0.25) is 0 Å². The number of hydrogen-bond donors (Lipinski definition) is 1. The van der Waals surface area contributed by atoms with Crippen LogP contribution in [0.1, 0.15) is 18.9 Å². The Labute approximate surface area is 79.7 Å². The second-order valence-electron chi connectivity index (χ2n) is 3.37. The lowest BCUT2D eigenvalue weighted by atomic mass is 10.1. The van der Waals surface area contributed by atoms with Gasteiger partial charge < -0.3 is 10.5 Å². The highest BCUT2D eigenvalue weighted by Gasteiger charge is 1.98. The fourth-order valence-electron chi connectivity index (χ4n) is 1.22. The van der Waals surface area contributed by atoms with Crippen molar-refractivity contribution in [1.29, 1.82) is 0 Å². The van der Waals surface area contributed by atoms with E-state index in [4.69, 9.17) is 10.5 Å². The van der Waals surface area contributed by atoms with E-state index in [-0.39, 0.29) is 6.04 Å². The van der Waals surface area contributed by atoms with Crippen LogP contribution in [-0.2, 0) is 6.42 Å². The number of methoxy groups -OCH3 is 1. The molecule has 0 aliphatic carbocycles. The molecule has 1 aromatic carbocycles. The summed E-state index contributed by atoms with van der Waals surface area (Å²) in [4.78, 5) is 0. The number of ether oxygens (including phenoxy) is 1. The van der Waals surface area contributed by atoms with Crippen molar-refractivity contribution >= 4 is 0 Å². The molecule has 2 N–H and O–H groups in total. The van der Waals surface area contributed by atoms with E-state index in [9.17, 15) is 0 Å². The fourth-order valence-corrected chi connectivity index (χ4v) is 1.22. The monoisotopic (exact) mass is 179 g/mol. The molecule has 72 valence electrons. The predicted molar refractivity (Wildman–Crippen MR) is 55.0 cm³/mol. The van der Waals surface area contributed by atoms with Gasteiger partial charge in [0.15, 0.2) is 0 Å². The molecule has 1 atom stereocenters. The van der Waals surface area contributed by atoms with Crippen molar-refractivity contribution in [2.24, 2.45) is 5.73 Å². The summed E-state index contributed by atoms with van der Waals surface area (Å²) in [5, 5.41) is 0. The summed E-state index contributed by atoms with van der Waals surface area (Å²) in [7, 11) is 1.69. The highest BCUT2D eigenvalue weighted by Crippen LogP contribution is 2.14. The molecule has 2 nitrogen and oxygen atoms in total. The van der Waals surface area contributed by atoms with Crippen LogP contribution >= 0.6 is 0 Å². The Morgan fingerprint density at radius 1 is 1.46 bits per heavy atom. The first-order valence-corrected chi connectivity index (χ1v) is 4.61. The van der Waals surface area contributed by atoms with Gasteiger partial charge in [-0.1, -0.05) is 12.1 Å². The third-order valence-corrected chi connectivity index (χ3v) is 2.02. The average molecular weight is 179 g/mol. The van der Waals surface area contributed by atoms with Crippen LogP contribution in [0.3, 0.4) is 0 Å². The summed E-state index contributed by atoms with van der Waals surface area (Å²) in [6, 6.07) is 8.39. The normalized spacial score (nSPS) is 12.5. The van der Waals surface area contributed by atoms with E-state index in [2.05, 4.69) is 12.1 Å². The molecule has 1 rings (SSSR count). The molecule has 2 heteroatoms. The Hall–Kier alpha value is -1.02. The second-order valence-corrected chi connectivity index (χ2v) is 3.37. The molecule has 0 aliphatic heterocycles. The first kappa shape index (κ1) is 10.1. The summed E-state index contributed by atoms with van der Waals surface area (Å²) >= 11 is 0. The highest BCUT2D eigenvalue weighted by molar-refractivity contribution is 5.28. The molecule has 0 heterocycles. The smallest absolute Gasteiger partial charge is 0.119 e. The Balaban J connectivity index is 2.56. The summed E-state index contributed by atoms with van der Waals surface area (Å²) in [6.07, 6.45) is 2.04. The maximum atomic E-state index is 5.68. The van der Waals surface area contributed by atoms with Crippen LogP contribution in [0.4, 0.5) is 0 Å². The van der Waals surface area contributed by atoms with Gasteiger partial charge in [-0.3, -0.25) is 0 Å². The van der Waals surface area contributed by atoms with Gasteiger partial charge in [0, 0.05) is 6.04 Å². The quantitative estimate of drug-likeness (QED) is 0.767. The summed E-state index contributed by atoms with van der Waals surface area (Å²) < 4.78 is 5.13. The molecule has 0 saturated carbocycles. The molecule has 0 amide bonds. The number of nitrogens with two attached hydrogens (primary N) is 1. The van der Waals surface area contributed by atoms with Crippen LogP contribution in [-0.4, -0.2) is 13.2 Å². The number of benzene rings is 1. The average Bonchev–Trinajstić information content (AvgIpc) is 2.15. The third kappa shape index (κ3) is 3.47. The minimum Gasteiger partial charge on any atom is -0.497 e. The summed E-state index contributed by atoms with van der Waals surface area (Å²) in [6.45, 7) is 2.03. The molecule has 0 unspecified atom stereocenters. The Morgan fingerprint density at radius 2 is 2.23 bits per heavy atom. The van der Waals surface area contributed by atoms with Crippen molar-refractivity contribution in [2.45, 2.75) is 25.8 Å². The van der Waals surface area contributed by atoms with E-state index in [1.165, 1.54) is 5.56 Å². The van der Waals surface area contributed by atoms with E-state index >= 15 is 0 Å². The first-order chi connectivity index (χ1) is 6.22. The lowest BCUT2D eigenvalue weighted by Gasteiger charge is -2.06. The highest BCUT2D eigenvalue weighted by atomic mass is 16.5. The van der Waals surface area contributed by atoms with Crippen molar-refractivity contribution in [2.75, 3.05) is 7.11 Å². The molecule has 0 radical (unpaired) electrons. The van der Waals surface area contributed by atoms with Gasteiger partial charge in [0.25, 0.3) is 0 Å². The molecule has 13 heavy (non-hydrogen) atoms. The van der Waals surface area contributed by atoms with Gasteiger partial charge in [-0.05, 0) is 37.5 Å². The first-order valence-electron chi connectivity index (χ1n) is 4.61. The van der Waals surface area contributed by atoms with Gasteiger partial charge in [0.05, 0.1) is 7.11 Å². The van der Waals surface area contributed by atoms with Crippen molar-refractivity contribution in [3.05, 3.63) is 29.8 Å². The van der Waals surface area contributed by atoms with Crippen molar-refractivity contribution in [1.82, 2.24) is 0 Å². The van der Waals surface area contributed by atoms with Crippen molar-refractivity contribution in [3.8, 4) is 5.75 Å². The van der Waals surface area contributed by atoms with Gasteiger partial charge >= 0.3 is 0 Å². The zero-order valence-electron chi connectivity index (χ0n) is 8.29. The maximum Gasteiger partial charge on any atom is 0.119 e. The number of rotatable bonds is 4. The Kier molecular flexibility index (Phi) is 3.77. The molecule has 0 spiro atoms. The second kappa shape index (κ2) is 4.87. The van der Waals surface area contributed by atoms with Crippen LogP contribution < -0.4 is 10.5 Å². The Bertz CT molecular complexity index is 258. The third-order valence-electron chi connectivity index (χ3n) is 2.02. The standard InChI is InChI=1S/C11H17NO/c1-9(12)6-7-10-4-3-5-11(8-10)13-2/h3-5,8-9H,6-7,12H2,1-2H3/t9-/m1/s1. The number of hydrogen-bond acceptors (Lipinski definition) is 2. The van der Waals surface area contributed by atoms with Crippen molar-refractivity contribution < 1.29 is 4.74 Å². The summed E-state index contributed by atoms with van der Waals surface area (Å²) in [5.74, 6) is 0.919. The van der Waals surface area contributed by atoms with Gasteiger partial charge in [0.2, 0.25) is 0 Å². The van der Waals surface area contributed by atoms with E-state index in [0.29, 0.717) is 0 Å². The zero-order chi connectivity index (χ0) is 9.68. The lowest BCUT2D eigenvalue weighted by Crippen LogP contribution is -2.15. The van der Waals surface area contributed by atoms with Crippen LogP contribution in [0.5, 0.6) is 5.75 Å². The molecule has 0 fully saturated rings. The minimum atomic E-state index is 0.270. The largest absolute Gasteiger partial charge is 0.497 e.